The Bertz CT molecular complexity index is 1050. The molecule has 0 amide bonds. The van der Waals surface area contributed by atoms with Crippen molar-refractivity contribution < 1.29 is 9.52 Å². The number of benzene rings is 1. The first kappa shape index (κ1) is 15.2. The van der Waals surface area contributed by atoms with Crippen LogP contribution in [0.15, 0.2) is 47.1 Å². The average Bonchev–Trinajstić information content (AvgIpc) is 3.37. The van der Waals surface area contributed by atoms with E-state index in [4.69, 9.17) is 4.42 Å². The molecular formula is C18H18N6O2. The van der Waals surface area contributed by atoms with Crippen LogP contribution in [0, 0.1) is 0 Å². The molecule has 0 saturated carbocycles. The third-order valence-electron chi connectivity index (χ3n) is 4.75. The first-order chi connectivity index (χ1) is 12.7. The van der Waals surface area contributed by atoms with Crippen LogP contribution in [0.2, 0.25) is 0 Å². The SMILES string of the molecule is Cn1ccnc1[C@@H](O)c1cc2n(n1)CCN(c1nc3ccccc3o1)C2. The number of hydrogen-bond donors (Lipinski definition) is 1. The molecule has 132 valence electrons. The fourth-order valence-electron chi connectivity index (χ4n) is 3.35. The molecule has 1 aromatic carbocycles. The Kier molecular flexibility index (Phi) is 3.32. The second kappa shape index (κ2) is 5.70. The highest BCUT2D eigenvalue weighted by Gasteiger charge is 2.25. The molecule has 1 aliphatic rings. The van der Waals surface area contributed by atoms with E-state index in [1.807, 2.05) is 48.3 Å². The second-order valence-corrected chi connectivity index (χ2v) is 6.47. The number of rotatable bonds is 3. The lowest BCUT2D eigenvalue weighted by Crippen LogP contribution is -2.33. The van der Waals surface area contributed by atoms with Crippen molar-refractivity contribution >= 4 is 17.1 Å². The Morgan fingerprint density at radius 3 is 2.92 bits per heavy atom. The van der Waals surface area contributed by atoms with Crippen LogP contribution in [-0.4, -0.2) is 36.0 Å². The number of aliphatic hydroxyl groups is 1. The van der Waals surface area contributed by atoms with Gasteiger partial charge in [-0.3, -0.25) is 4.68 Å². The zero-order valence-corrected chi connectivity index (χ0v) is 14.3. The number of aliphatic hydroxyl groups excluding tert-OH is 1. The number of nitrogens with zero attached hydrogens (tertiary/aromatic N) is 6. The standard InChI is InChI=1S/C18H18N6O2/c1-22-7-6-19-17(22)16(25)14-10-12-11-23(8-9-24(12)21-14)18-20-13-4-2-3-5-15(13)26-18/h2-7,10,16,25H,8-9,11H2,1H3/t16-/m0/s1. The minimum absolute atomic E-state index is 0.580. The fraction of sp³-hybridized carbons (Fsp3) is 0.278. The first-order valence-electron chi connectivity index (χ1n) is 8.51. The number of imidazole rings is 1. The van der Waals surface area contributed by atoms with E-state index < -0.39 is 6.10 Å². The largest absolute Gasteiger partial charge is 0.423 e. The summed E-state index contributed by atoms with van der Waals surface area (Å²) in [4.78, 5) is 10.9. The summed E-state index contributed by atoms with van der Waals surface area (Å²) >= 11 is 0. The molecule has 0 aliphatic carbocycles. The number of aryl methyl sites for hydroxylation is 1. The van der Waals surface area contributed by atoms with Crippen molar-refractivity contribution in [2.75, 3.05) is 11.4 Å². The molecule has 8 heteroatoms. The van der Waals surface area contributed by atoms with Gasteiger partial charge in [0.2, 0.25) is 0 Å². The quantitative estimate of drug-likeness (QED) is 0.607. The van der Waals surface area contributed by atoms with E-state index in [9.17, 15) is 5.11 Å². The molecular weight excluding hydrogens is 332 g/mol. The number of para-hydroxylation sites is 2. The van der Waals surface area contributed by atoms with Gasteiger partial charge in [0.25, 0.3) is 6.01 Å². The maximum atomic E-state index is 10.6. The molecule has 4 heterocycles. The molecule has 3 aromatic heterocycles. The maximum absolute atomic E-state index is 10.6. The minimum Gasteiger partial charge on any atom is -0.423 e. The lowest BCUT2D eigenvalue weighted by molar-refractivity contribution is 0.200. The second-order valence-electron chi connectivity index (χ2n) is 6.47. The van der Waals surface area contributed by atoms with Gasteiger partial charge in [0.1, 0.15) is 11.3 Å². The van der Waals surface area contributed by atoms with E-state index in [1.165, 1.54) is 0 Å². The van der Waals surface area contributed by atoms with E-state index in [-0.39, 0.29) is 0 Å². The Hall–Kier alpha value is -3.13. The summed E-state index contributed by atoms with van der Waals surface area (Å²) in [6.07, 6.45) is 2.64. The molecule has 8 nitrogen and oxygen atoms in total. The highest BCUT2D eigenvalue weighted by Crippen LogP contribution is 2.27. The van der Waals surface area contributed by atoms with E-state index in [1.54, 1.807) is 10.8 Å². The third-order valence-corrected chi connectivity index (χ3v) is 4.75. The molecule has 0 bridgehead atoms. The highest BCUT2D eigenvalue weighted by molar-refractivity contribution is 5.74. The number of hydrogen-bond acceptors (Lipinski definition) is 6. The average molecular weight is 350 g/mol. The first-order valence-corrected chi connectivity index (χ1v) is 8.51. The van der Waals surface area contributed by atoms with Gasteiger partial charge in [-0.05, 0) is 18.2 Å². The number of oxazole rings is 1. The smallest absolute Gasteiger partial charge is 0.298 e. The summed E-state index contributed by atoms with van der Waals surface area (Å²) in [5.41, 5.74) is 3.26. The van der Waals surface area contributed by atoms with Gasteiger partial charge in [0, 0.05) is 26.0 Å². The predicted octanol–water partition coefficient (Wildman–Crippen LogP) is 1.86. The monoisotopic (exact) mass is 350 g/mol. The summed E-state index contributed by atoms with van der Waals surface area (Å²) < 4.78 is 9.60. The van der Waals surface area contributed by atoms with Crippen molar-refractivity contribution in [2.45, 2.75) is 19.2 Å². The molecule has 1 aliphatic heterocycles. The molecule has 5 rings (SSSR count). The molecule has 4 aromatic rings. The topological polar surface area (TPSA) is 85.1 Å². The minimum atomic E-state index is -0.842. The molecule has 0 spiro atoms. The van der Waals surface area contributed by atoms with Crippen molar-refractivity contribution in [1.29, 1.82) is 0 Å². The fourth-order valence-corrected chi connectivity index (χ4v) is 3.35. The summed E-state index contributed by atoms with van der Waals surface area (Å²) in [7, 11) is 1.86. The molecule has 1 atom stereocenters. The van der Waals surface area contributed by atoms with Crippen molar-refractivity contribution in [3.8, 4) is 0 Å². The molecule has 0 saturated heterocycles. The van der Waals surface area contributed by atoms with Crippen LogP contribution in [0.25, 0.3) is 11.1 Å². The Labute approximate surface area is 149 Å². The van der Waals surface area contributed by atoms with Crippen molar-refractivity contribution in [3.05, 3.63) is 59.9 Å². The van der Waals surface area contributed by atoms with Crippen LogP contribution in [-0.2, 0) is 20.1 Å². The number of anilines is 1. The zero-order chi connectivity index (χ0) is 17.7. The molecule has 0 radical (unpaired) electrons. The number of aromatic nitrogens is 5. The van der Waals surface area contributed by atoms with Crippen molar-refractivity contribution in [1.82, 2.24) is 24.3 Å². The Balaban J connectivity index is 1.42. The van der Waals surface area contributed by atoms with Crippen LogP contribution in [0.5, 0.6) is 0 Å². The van der Waals surface area contributed by atoms with Crippen LogP contribution in [0.1, 0.15) is 23.3 Å². The van der Waals surface area contributed by atoms with E-state index in [0.717, 1.165) is 23.3 Å². The van der Waals surface area contributed by atoms with Crippen molar-refractivity contribution in [3.63, 3.8) is 0 Å². The van der Waals surface area contributed by atoms with E-state index >= 15 is 0 Å². The van der Waals surface area contributed by atoms with Crippen LogP contribution >= 0.6 is 0 Å². The van der Waals surface area contributed by atoms with Gasteiger partial charge in [-0.2, -0.15) is 10.1 Å². The summed E-state index contributed by atoms with van der Waals surface area (Å²) in [6, 6.07) is 10.3. The highest BCUT2D eigenvalue weighted by atomic mass is 16.4. The Morgan fingerprint density at radius 2 is 2.12 bits per heavy atom. The van der Waals surface area contributed by atoms with Gasteiger partial charge in [0.15, 0.2) is 11.7 Å². The van der Waals surface area contributed by atoms with Crippen LogP contribution in [0.3, 0.4) is 0 Å². The van der Waals surface area contributed by atoms with Gasteiger partial charge in [-0.15, -0.1) is 0 Å². The lowest BCUT2D eigenvalue weighted by atomic mass is 10.2. The van der Waals surface area contributed by atoms with Gasteiger partial charge < -0.3 is 19.0 Å². The van der Waals surface area contributed by atoms with Crippen LogP contribution < -0.4 is 4.90 Å². The summed E-state index contributed by atoms with van der Waals surface area (Å²) in [5, 5.41) is 15.1. The Morgan fingerprint density at radius 1 is 1.23 bits per heavy atom. The molecule has 26 heavy (non-hydrogen) atoms. The van der Waals surface area contributed by atoms with Gasteiger partial charge in [0.05, 0.1) is 24.5 Å². The van der Waals surface area contributed by atoms with Gasteiger partial charge in [-0.1, -0.05) is 12.1 Å². The molecule has 0 unspecified atom stereocenters. The van der Waals surface area contributed by atoms with E-state index in [0.29, 0.717) is 30.6 Å². The predicted molar refractivity (Wildman–Crippen MR) is 94.6 cm³/mol. The summed E-state index contributed by atoms with van der Waals surface area (Å²) in [5.74, 6) is 0.580. The normalized spacial score (nSPS) is 15.4. The van der Waals surface area contributed by atoms with E-state index in [2.05, 4.69) is 20.0 Å². The zero-order valence-electron chi connectivity index (χ0n) is 14.3. The number of fused-ring (bicyclic) bond motifs is 2. The van der Waals surface area contributed by atoms with Crippen molar-refractivity contribution in [2.24, 2.45) is 7.05 Å². The van der Waals surface area contributed by atoms with Crippen LogP contribution in [0.4, 0.5) is 6.01 Å². The summed E-state index contributed by atoms with van der Waals surface area (Å²) in [6.45, 7) is 2.09. The third kappa shape index (κ3) is 2.38. The molecule has 1 N–H and O–H groups in total. The van der Waals surface area contributed by atoms with Gasteiger partial charge >= 0.3 is 0 Å². The molecule has 0 fully saturated rings. The maximum Gasteiger partial charge on any atom is 0.298 e. The lowest BCUT2D eigenvalue weighted by Gasteiger charge is -2.25. The van der Waals surface area contributed by atoms with Gasteiger partial charge in [-0.25, -0.2) is 4.98 Å².